The third-order valence-electron chi connectivity index (χ3n) is 4.09. The highest BCUT2D eigenvalue weighted by Crippen LogP contribution is 2.24. The second-order valence-corrected chi connectivity index (χ2v) is 6.17. The third kappa shape index (κ3) is 3.82. The molecular weight excluding hydrogens is 336 g/mol. The summed E-state index contributed by atoms with van der Waals surface area (Å²) in [7, 11) is 0. The van der Waals surface area contributed by atoms with E-state index in [2.05, 4.69) is 6.58 Å². The number of benzene rings is 1. The maximum absolute atomic E-state index is 12.4. The van der Waals surface area contributed by atoms with Crippen molar-refractivity contribution in [2.45, 2.75) is 26.8 Å². The molecule has 1 unspecified atom stereocenters. The van der Waals surface area contributed by atoms with Crippen LogP contribution in [-0.2, 0) is 14.3 Å². The van der Waals surface area contributed by atoms with Crippen LogP contribution in [0.3, 0.4) is 0 Å². The van der Waals surface area contributed by atoms with Gasteiger partial charge in [0.1, 0.15) is 6.04 Å². The van der Waals surface area contributed by atoms with Crippen LogP contribution < -0.4 is 0 Å². The van der Waals surface area contributed by atoms with E-state index in [9.17, 15) is 19.2 Å². The van der Waals surface area contributed by atoms with Gasteiger partial charge in [-0.2, -0.15) is 0 Å². The first-order chi connectivity index (χ1) is 12.3. The van der Waals surface area contributed by atoms with Gasteiger partial charge in [0.15, 0.2) is 6.61 Å². The first kappa shape index (κ1) is 19.4. The summed E-state index contributed by atoms with van der Waals surface area (Å²) >= 11 is 0. The molecule has 0 aromatic heterocycles. The molecule has 0 radical (unpaired) electrons. The number of rotatable bonds is 7. The first-order valence-corrected chi connectivity index (χ1v) is 8.33. The number of fused-ring (bicyclic) bond motifs is 1. The van der Waals surface area contributed by atoms with E-state index in [-0.39, 0.29) is 17.0 Å². The van der Waals surface area contributed by atoms with Crippen molar-refractivity contribution >= 4 is 23.7 Å². The number of carbonyl (C=O) groups is 4. The van der Waals surface area contributed by atoms with Crippen LogP contribution in [0, 0.1) is 0 Å². The summed E-state index contributed by atoms with van der Waals surface area (Å²) in [4.78, 5) is 51.5. The van der Waals surface area contributed by atoms with Crippen LogP contribution in [0.2, 0.25) is 0 Å². The molecule has 0 spiro atoms. The molecule has 0 N–H and O–H groups in total. The molecule has 138 valence electrons. The molecule has 1 heterocycles. The number of likely N-dealkylation sites (N-methyl/N-ethyl adjacent to an activating group) is 1. The molecule has 26 heavy (non-hydrogen) atoms. The van der Waals surface area contributed by atoms with Crippen LogP contribution in [0.1, 0.15) is 41.5 Å². The maximum atomic E-state index is 12.4. The molecule has 0 saturated heterocycles. The summed E-state index contributed by atoms with van der Waals surface area (Å²) in [5, 5.41) is 0. The van der Waals surface area contributed by atoms with Crippen LogP contribution in [0.4, 0.5) is 0 Å². The number of hydrogen-bond acceptors (Lipinski definition) is 5. The fraction of sp³-hybridized carbons (Fsp3) is 0.368. The predicted octanol–water partition coefficient (Wildman–Crippen LogP) is 1.64. The zero-order chi connectivity index (χ0) is 19.4. The summed E-state index contributed by atoms with van der Waals surface area (Å²) in [6, 6.07) is 5.25. The maximum Gasteiger partial charge on any atom is 0.329 e. The normalized spacial score (nSPS) is 14.0. The standard InChI is InChI=1S/C19H22N2O5/c1-5-20(10-12(2)3)16(22)11-26-19(25)13(4)21-17(23)14-8-6-7-9-15(14)18(21)24/h6-9,13H,2,5,10-11H2,1,3-4H3. The zero-order valence-electron chi connectivity index (χ0n) is 15.2. The topological polar surface area (TPSA) is 84.0 Å². The highest BCUT2D eigenvalue weighted by molar-refractivity contribution is 6.22. The van der Waals surface area contributed by atoms with Gasteiger partial charge in [-0.1, -0.05) is 24.3 Å². The molecule has 1 aromatic rings. The predicted molar refractivity (Wildman–Crippen MR) is 94.4 cm³/mol. The molecule has 7 heteroatoms. The van der Waals surface area contributed by atoms with Crippen molar-refractivity contribution in [3.05, 3.63) is 47.5 Å². The van der Waals surface area contributed by atoms with Gasteiger partial charge in [0, 0.05) is 13.1 Å². The Morgan fingerprint density at radius 3 is 2.19 bits per heavy atom. The highest BCUT2D eigenvalue weighted by Gasteiger charge is 2.41. The Hall–Kier alpha value is -2.96. The minimum atomic E-state index is -1.12. The lowest BCUT2D eigenvalue weighted by Crippen LogP contribution is -2.45. The number of amides is 3. The summed E-state index contributed by atoms with van der Waals surface area (Å²) in [6.45, 7) is 9.14. The van der Waals surface area contributed by atoms with Crippen molar-refractivity contribution in [3.63, 3.8) is 0 Å². The lowest BCUT2D eigenvalue weighted by molar-refractivity contribution is -0.154. The molecule has 0 saturated carbocycles. The van der Waals surface area contributed by atoms with Gasteiger partial charge >= 0.3 is 5.97 Å². The molecule has 2 rings (SSSR count). The zero-order valence-corrected chi connectivity index (χ0v) is 15.2. The van der Waals surface area contributed by atoms with Gasteiger partial charge in [-0.25, -0.2) is 4.79 Å². The Bertz CT molecular complexity index is 736. The van der Waals surface area contributed by atoms with Crippen LogP contribution in [0.15, 0.2) is 36.4 Å². The number of imide groups is 1. The van der Waals surface area contributed by atoms with E-state index >= 15 is 0 Å². The van der Waals surface area contributed by atoms with Crippen molar-refractivity contribution in [1.82, 2.24) is 9.80 Å². The van der Waals surface area contributed by atoms with Gasteiger partial charge < -0.3 is 9.64 Å². The van der Waals surface area contributed by atoms with E-state index in [4.69, 9.17) is 4.74 Å². The third-order valence-corrected chi connectivity index (χ3v) is 4.09. The Labute approximate surface area is 152 Å². The van der Waals surface area contributed by atoms with E-state index in [1.807, 2.05) is 6.92 Å². The number of hydrogen-bond donors (Lipinski definition) is 0. The van der Waals surface area contributed by atoms with E-state index in [0.29, 0.717) is 13.1 Å². The second kappa shape index (κ2) is 7.95. The van der Waals surface area contributed by atoms with Crippen molar-refractivity contribution < 1.29 is 23.9 Å². The van der Waals surface area contributed by atoms with E-state index in [1.54, 1.807) is 19.1 Å². The number of esters is 1. The van der Waals surface area contributed by atoms with Crippen molar-refractivity contribution in [2.75, 3.05) is 19.7 Å². The van der Waals surface area contributed by atoms with Crippen molar-refractivity contribution in [3.8, 4) is 0 Å². The van der Waals surface area contributed by atoms with Gasteiger partial charge in [0.05, 0.1) is 11.1 Å². The molecule has 0 fully saturated rings. The fourth-order valence-electron chi connectivity index (χ4n) is 2.71. The number of ether oxygens (including phenoxy) is 1. The van der Waals surface area contributed by atoms with Gasteiger partial charge in [-0.15, -0.1) is 0 Å². The number of nitrogens with zero attached hydrogens (tertiary/aromatic N) is 2. The molecule has 0 bridgehead atoms. The van der Waals surface area contributed by atoms with E-state index in [1.165, 1.54) is 24.0 Å². The Morgan fingerprint density at radius 2 is 1.73 bits per heavy atom. The molecule has 7 nitrogen and oxygen atoms in total. The number of carbonyl (C=O) groups excluding carboxylic acids is 4. The van der Waals surface area contributed by atoms with Gasteiger partial charge in [0.25, 0.3) is 17.7 Å². The minimum absolute atomic E-state index is 0.256. The lowest BCUT2D eigenvalue weighted by Gasteiger charge is -2.23. The smallest absolute Gasteiger partial charge is 0.329 e. The Balaban J connectivity index is 2.00. The van der Waals surface area contributed by atoms with Crippen molar-refractivity contribution in [1.29, 1.82) is 0 Å². The van der Waals surface area contributed by atoms with Crippen LogP contribution in [0.25, 0.3) is 0 Å². The SMILES string of the molecule is C=C(C)CN(CC)C(=O)COC(=O)C(C)N1C(=O)c2ccccc2C1=O. The molecule has 1 aliphatic heterocycles. The molecule has 1 aromatic carbocycles. The van der Waals surface area contributed by atoms with Gasteiger partial charge in [-0.05, 0) is 32.9 Å². The van der Waals surface area contributed by atoms with Crippen LogP contribution in [0.5, 0.6) is 0 Å². The van der Waals surface area contributed by atoms with Gasteiger partial charge in [-0.3, -0.25) is 19.3 Å². The van der Waals surface area contributed by atoms with E-state index < -0.39 is 30.4 Å². The van der Waals surface area contributed by atoms with Crippen LogP contribution in [-0.4, -0.2) is 59.2 Å². The second-order valence-electron chi connectivity index (χ2n) is 6.17. The Morgan fingerprint density at radius 1 is 1.19 bits per heavy atom. The average molecular weight is 358 g/mol. The molecule has 1 aliphatic rings. The monoisotopic (exact) mass is 358 g/mol. The summed E-state index contributed by atoms with van der Waals surface area (Å²) in [5.41, 5.74) is 1.32. The van der Waals surface area contributed by atoms with Crippen LogP contribution >= 0.6 is 0 Å². The molecule has 1 atom stereocenters. The largest absolute Gasteiger partial charge is 0.454 e. The van der Waals surface area contributed by atoms with Crippen molar-refractivity contribution in [2.24, 2.45) is 0 Å². The fourth-order valence-corrected chi connectivity index (χ4v) is 2.71. The van der Waals surface area contributed by atoms with Gasteiger partial charge in [0.2, 0.25) is 0 Å². The molecular formula is C19H22N2O5. The Kier molecular flexibility index (Phi) is 5.92. The minimum Gasteiger partial charge on any atom is -0.454 e. The average Bonchev–Trinajstić information content (AvgIpc) is 2.87. The first-order valence-electron chi connectivity index (χ1n) is 8.33. The summed E-state index contributed by atoms with van der Waals surface area (Å²) in [5.74, 6) is -2.25. The molecule has 0 aliphatic carbocycles. The molecule has 3 amide bonds. The lowest BCUT2D eigenvalue weighted by atomic mass is 10.1. The quantitative estimate of drug-likeness (QED) is 0.420. The summed E-state index contributed by atoms with van der Waals surface area (Å²) < 4.78 is 5.03. The summed E-state index contributed by atoms with van der Waals surface area (Å²) in [6.07, 6.45) is 0. The van der Waals surface area contributed by atoms with E-state index in [0.717, 1.165) is 10.5 Å². The highest BCUT2D eigenvalue weighted by atomic mass is 16.5.